The Bertz CT molecular complexity index is 991. The molecule has 0 spiro atoms. The summed E-state index contributed by atoms with van der Waals surface area (Å²) in [4.78, 5) is 25.8. The molecule has 0 aliphatic heterocycles. The van der Waals surface area contributed by atoms with Gasteiger partial charge < -0.3 is 24.8 Å². The highest BCUT2D eigenvalue weighted by Gasteiger charge is 2.67. The third kappa shape index (κ3) is 3.76. The lowest BCUT2D eigenvalue weighted by molar-refractivity contribution is -0.203. The summed E-state index contributed by atoms with van der Waals surface area (Å²) in [7, 11) is 1.88. The van der Waals surface area contributed by atoms with E-state index in [4.69, 9.17) is 9.52 Å². The van der Waals surface area contributed by atoms with Crippen molar-refractivity contribution in [2.24, 2.45) is 28.6 Å². The number of nitrogens with one attached hydrogen (secondary N) is 1. The molecule has 1 aromatic heterocycles. The van der Waals surface area contributed by atoms with Crippen molar-refractivity contribution in [3.8, 4) is 0 Å². The van der Waals surface area contributed by atoms with E-state index in [1.807, 2.05) is 18.0 Å². The Morgan fingerprint density at radius 3 is 2.63 bits per heavy atom. The van der Waals surface area contributed by atoms with Crippen molar-refractivity contribution >= 4 is 6.03 Å². The molecule has 0 unspecified atom stereocenters. The first-order valence-electron chi connectivity index (χ1n) is 13.6. The van der Waals surface area contributed by atoms with Gasteiger partial charge in [0.2, 0.25) is 0 Å². The van der Waals surface area contributed by atoms with E-state index in [0.717, 1.165) is 63.4 Å². The Morgan fingerprint density at radius 1 is 1.11 bits per heavy atom. The van der Waals surface area contributed by atoms with Gasteiger partial charge in [-0.1, -0.05) is 13.8 Å². The molecule has 7 nitrogen and oxygen atoms in total. The number of nitrogens with zero attached hydrogens (tertiary/aromatic N) is 1. The van der Waals surface area contributed by atoms with E-state index >= 15 is 0 Å². The molecule has 4 aliphatic rings. The molecule has 0 radical (unpaired) electrons. The van der Waals surface area contributed by atoms with Crippen molar-refractivity contribution in [2.75, 3.05) is 20.2 Å². The van der Waals surface area contributed by atoms with Crippen LogP contribution in [0.3, 0.4) is 0 Å². The van der Waals surface area contributed by atoms with E-state index in [-0.39, 0.29) is 47.6 Å². The van der Waals surface area contributed by atoms with Gasteiger partial charge in [0.15, 0.2) is 0 Å². The van der Waals surface area contributed by atoms with Crippen molar-refractivity contribution in [1.82, 2.24) is 10.2 Å². The molecule has 1 heterocycles. The minimum Gasteiger partial charge on any atom is -0.431 e. The summed E-state index contributed by atoms with van der Waals surface area (Å²) in [6.45, 7) is 4.97. The highest BCUT2D eigenvalue weighted by atomic mass is 16.4. The van der Waals surface area contributed by atoms with Gasteiger partial charge in [-0.25, -0.2) is 9.59 Å². The van der Waals surface area contributed by atoms with Crippen molar-refractivity contribution in [3.63, 3.8) is 0 Å². The quantitative estimate of drug-likeness (QED) is 0.599. The second-order valence-corrected chi connectivity index (χ2v) is 12.3. The molecule has 3 N–H and O–H groups in total. The van der Waals surface area contributed by atoms with Crippen molar-refractivity contribution < 1.29 is 19.4 Å². The van der Waals surface area contributed by atoms with Crippen LogP contribution in [0, 0.1) is 28.6 Å². The van der Waals surface area contributed by atoms with Gasteiger partial charge >= 0.3 is 11.7 Å². The van der Waals surface area contributed by atoms with Gasteiger partial charge in [0, 0.05) is 31.1 Å². The number of hydrogen-bond acceptors (Lipinski definition) is 5. The highest BCUT2D eigenvalue weighted by Crippen LogP contribution is 2.70. The fourth-order valence-electron chi connectivity index (χ4n) is 9.11. The number of aliphatic hydroxyl groups is 2. The average Bonchev–Trinajstić information content (AvgIpc) is 3.13. The zero-order valence-corrected chi connectivity index (χ0v) is 21.5. The molecule has 35 heavy (non-hydrogen) atoms. The number of hydrogen-bond donors (Lipinski definition) is 3. The summed E-state index contributed by atoms with van der Waals surface area (Å²) < 4.78 is 5.21. The Balaban J connectivity index is 1.34. The summed E-state index contributed by atoms with van der Waals surface area (Å²) in [6.07, 6.45) is 10.7. The van der Waals surface area contributed by atoms with Gasteiger partial charge in [-0.05, 0) is 98.5 Å². The van der Waals surface area contributed by atoms with Crippen LogP contribution in [0.4, 0.5) is 4.79 Å². The van der Waals surface area contributed by atoms with Crippen LogP contribution < -0.4 is 10.9 Å². The molecule has 0 aromatic carbocycles. The second-order valence-electron chi connectivity index (χ2n) is 12.3. The standard InChI is InChI=1S/C28H42N2O5/c1-26-11-8-20(30(3)25(33)29-14-15-31)16-19(26)5-6-23-22(26)9-12-27(2)21(10-13-28(23,27)34)18-4-7-24(32)35-17-18/h4,7,17,19-23,31,34H,5-6,8-16H2,1-3H3,(H,29,33)/t19-,20+,21-,22+,23-,26+,27-,28+/m1/s1. The normalized spacial score (nSPS) is 42.5. The van der Waals surface area contributed by atoms with E-state index in [2.05, 4.69) is 19.2 Å². The third-order valence-electron chi connectivity index (χ3n) is 11.2. The topological polar surface area (TPSA) is 103 Å². The van der Waals surface area contributed by atoms with E-state index < -0.39 is 5.60 Å². The van der Waals surface area contributed by atoms with Crippen LogP contribution in [0.15, 0.2) is 27.6 Å². The van der Waals surface area contributed by atoms with Gasteiger partial charge in [-0.15, -0.1) is 0 Å². The molecular formula is C28H42N2O5. The molecule has 0 saturated heterocycles. The molecule has 0 bridgehead atoms. The number of carbonyl (C=O) groups is 1. The molecule has 5 rings (SSSR count). The lowest BCUT2D eigenvalue weighted by atomic mass is 9.43. The average molecular weight is 487 g/mol. The van der Waals surface area contributed by atoms with Crippen LogP contribution in [0.5, 0.6) is 0 Å². The van der Waals surface area contributed by atoms with Crippen LogP contribution in [0.25, 0.3) is 0 Å². The van der Waals surface area contributed by atoms with Crippen LogP contribution >= 0.6 is 0 Å². The Hall–Kier alpha value is -1.86. The summed E-state index contributed by atoms with van der Waals surface area (Å²) in [5.41, 5.74) is 0.0112. The molecule has 8 atom stereocenters. The SMILES string of the molecule is CN(C(=O)NCCO)[C@H]1CC[C@@]2(C)[C@H](CC[C@@H]3[C@@H]2CC[C@]2(C)[C@@H](c4ccc(=O)oc4)CC[C@]32O)C1. The van der Waals surface area contributed by atoms with Gasteiger partial charge in [0.25, 0.3) is 0 Å². The first-order chi connectivity index (χ1) is 16.6. The second kappa shape index (κ2) is 8.91. The first kappa shape index (κ1) is 24.8. The van der Waals surface area contributed by atoms with Crippen molar-refractivity contribution in [3.05, 3.63) is 34.4 Å². The molecule has 4 fully saturated rings. The number of aliphatic hydroxyl groups excluding tert-OH is 1. The number of amides is 2. The first-order valence-corrected chi connectivity index (χ1v) is 13.6. The number of rotatable bonds is 4. The third-order valence-corrected chi connectivity index (χ3v) is 11.2. The molecule has 1 aromatic rings. The predicted molar refractivity (Wildman–Crippen MR) is 133 cm³/mol. The Labute approximate surface area is 208 Å². The largest absolute Gasteiger partial charge is 0.431 e. The maximum atomic E-state index is 12.5. The number of fused-ring (bicyclic) bond motifs is 5. The van der Waals surface area contributed by atoms with Gasteiger partial charge in [-0.3, -0.25) is 0 Å². The summed E-state index contributed by atoms with van der Waals surface area (Å²) >= 11 is 0. The van der Waals surface area contributed by atoms with E-state index in [9.17, 15) is 14.7 Å². The molecule has 7 heteroatoms. The summed E-state index contributed by atoms with van der Waals surface area (Å²) in [5, 5.41) is 24.2. The highest BCUT2D eigenvalue weighted by molar-refractivity contribution is 5.74. The molecular weight excluding hydrogens is 444 g/mol. The molecule has 194 valence electrons. The maximum absolute atomic E-state index is 12.5. The summed E-state index contributed by atoms with van der Waals surface area (Å²) in [6, 6.07) is 3.53. The lowest BCUT2D eigenvalue weighted by Crippen LogP contribution is -2.62. The van der Waals surface area contributed by atoms with E-state index in [0.29, 0.717) is 17.8 Å². The smallest absolute Gasteiger partial charge is 0.335 e. The zero-order chi connectivity index (χ0) is 25.0. The van der Waals surface area contributed by atoms with Gasteiger partial charge in [0.1, 0.15) is 0 Å². The van der Waals surface area contributed by atoms with Crippen molar-refractivity contribution in [1.29, 1.82) is 0 Å². The minimum absolute atomic E-state index is 0.0462. The fourth-order valence-corrected chi connectivity index (χ4v) is 9.11. The molecule has 4 saturated carbocycles. The fraction of sp³-hybridized carbons (Fsp3) is 0.786. The maximum Gasteiger partial charge on any atom is 0.335 e. The van der Waals surface area contributed by atoms with Crippen molar-refractivity contribution in [2.45, 2.75) is 89.2 Å². The van der Waals surface area contributed by atoms with Crippen LogP contribution in [0.1, 0.15) is 83.1 Å². The lowest BCUT2D eigenvalue weighted by Gasteiger charge is -2.64. The summed E-state index contributed by atoms with van der Waals surface area (Å²) in [5.74, 6) is 1.57. The van der Waals surface area contributed by atoms with Gasteiger partial charge in [-0.2, -0.15) is 0 Å². The predicted octanol–water partition coefficient (Wildman–Crippen LogP) is 3.88. The Morgan fingerprint density at radius 2 is 1.91 bits per heavy atom. The monoisotopic (exact) mass is 486 g/mol. The van der Waals surface area contributed by atoms with E-state index in [1.165, 1.54) is 6.07 Å². The van der Waals surface area contributed by atoms with Crippen LogP contribution in [0.2, 0.25) is 0 Å². The minimum atomic E-state index is -0.692. The Kier molecular flexibility index (Phi) is 6.32. The number of urea groups is 1. The molecule has 4 aliphatic carbocycles. The number of carbonyl (C=O) groups excluding carboxylic acids is 1. The molecule has 2 amide bonds. The van der Waals surface area contributed by atoms with Gasteiger partial charge in [0.05, 0.1) is 18.5 Å². The zero-order valence-electron chi connectivity index (χ0n) is 21.5. The van der Waals surface area contributed by atoms with Crippen LogP contribution in [-0.4, -0.2) is 53.0 Å². The van der Waals surface area contributed by atoms with E-state index in [1.54, 1.807) is 6.26 Å². The van der Waals surface area contributed by atoms with Crippen LogP contribution in [-0.2, 0) is 0 Å².